The van der Waals surface area contributed by atoms with Gasteiger partial charge in [0.05, 0.1) is 5.56 Å². The molecular weight excluding hydrogens is 336 g/mol. The molecule has 0 radical (unpaired) electrons. The minimum atomic E-state index is -3.81. The van der Waals surface area contributed by atoms with Gasteiger partial charge < -0.3 is 14.8 Å². The second-order valence-electron chi connectivity index (χ2n) is 6.22. The number of amides is 1. The Labute approximate surface area is 140 Å². The molecule has 2 N–H and O–H groups in total. The second-order valence-corrected chi connectivity index (χ2v) is 8.31. The van der Waals surface area contributed by atoms with Crippen LogP contribution in [0.2, 0.25) is 0 Å². The number of rotatable bonds is 5. The van der Waals surface area contributed by atoms with Crippen LogP contribution in [0, 0.1) is 6.92 Å². The molecule has 134 valence electrons. The predicted octanol–water partition coefficient (Wildman–Crippen LogP) is 1.36. The van der Waals surface area contributed by atoms with Crippen molar-refractivity contribution in [2.24, 2.45) is 0 Å². The summed E-state index contributed by atoms with van der Waals surface area (Å²) in [5.41, 5.74) is -1.28. The Kier molecular flexibility index (Phi) is 5.05. The van der Waals surface area contributed by atoms with E-state index < -0.39 is 27.4 Å². The maximum Gasteiger partial charge on any atom is 0.329 e. The van der Waals surface area contributed by atoms with Crippen LogP contribution in [0.15, 0.2) is 15.6 Å². The Morgan fingerprint density at radius 2 is 1.83 bits per heavy atom. The van der Waals surface area contributed by atoms with Crippen LogP contribution in [-0.2, 0) is 14.8 Å². The Morgan fingerprint density at radius 3 is 2.33 bits per heavy atom. The van der Waals surface area contributed by atoms with Gasteiger partial charge in [-0.1, -0.05) is 19.3 Å². The minimum Gasteiger partial charge on any atom is -0.480 e. The molecule has 0 atom stereocenters. The number of nitrogens with zero attached hydrogens (tertiary/aromatic N) is 1. The Bertz CT molecular complexity index is 744. The minimum absolute atomic E-state index is 0.0293. The number of carbonyl (C=O) groups is 2. The Hall–Kier alpha value is -1.87. The summed E-state index contributed by atoms with van der Waals surface area (Å²) in [6, 6.07) is 1.14. The molecule has 1 aliphatic rings. The molecule has 24 heavy (non-hydrogen) atoms. The molecule has 1 aromatic rings. The first-order valence-corrected chi connectivity index (χ1v) is 9.13. The number of aliphatic carboxylic acids is 1. The summed E-state index contributed by atoms with van der Waals surface area (Å²) in [4.78, 5) is 24.2. The van der Waals surface area contributed by atoms with Crippen LogP contribution in [0.1, 0.15) is 48.2 Å². The summed E-state index contributed by atoms with van der Waals surface area (Å²) in [5.74, 6) is -1.58. The van der Waals surface area contributed by atoms with Gasteiger partial charge in [0.2, 0.25) is 5.09 Å². The van der Waals surface area contributed by atoms with Gasteiger partial charge in [0.25, 0.3) is 15.9 Å². The second kappa shape index (κ2) is 6.56. The zero-order chi connectivity index (χ0) is 18.1. The van der Waals surface area contributed by atoms with E-state index in [1.807, 2.05) is 0 Å². The standard InChI is InChI=1S/C15H22N2O6S/c1-10-11(9-12(23-10)24(21,22)17(2)3)13(18)16-15(14(19)20)7-5-4-6-8-15/h9H,4-8H2,1-3H3,(H,16,18)(H,19,20). The summed E-state index contributed by atoms with van der Waals surface area (Å²) >= 11 is 0. The molecule has 1 heterocycles. The lowest BCUT2D eigenvalue weighted by Gasteiger charge is -2.33. The van der Waals surface area contributed by atoms with Crippen molar-refractivity contribution in [3.05, 3.63) is 17.4 Å². The van der Waals surface area contributed by atoms with Gasteiger partial charge in [-0.15, -0.1) is 0 Å². The van der Waals surface area contributed by atoms with E-state index in [0.29, 0.717) is 12.8 Å². The number of nitrogens with one attached hydrogen (secondary N) is 1. The van der Waals surface area contributed by atoms with E-state index in [1.165, 1.54) is 21.0 Å². The summed E-state index contributed by atoms with van der Waals surface area (Å²) in [7, 11) is -1.10. The first-order valence-electron chi connectivity index (χ1n) is 7.69. The van der Waals surface area contributed by atoms with E-state index in [2.05, 4.69) is 5.32 Å². The molecule has 1 amide bonds. The fraction of sp³-hybridized carbons (Fsp3) is 0.600. The third-order valence-electron chi connectivity index (χ3n) is 4.34. The lowest BCUT2D eigenvalue weighted by molar-refractivity contribution is -0.145. The van der Waals surface area contributed by atoms with Gasteiger partial charge >= 0.3 is 5.97 Å². The summed E-state index contributed by atoms with van der Waals surface area (Å²) in [5, 5.41) is 11.8. The van der Waals surface area contributed by atoms with Crippen molar-refractivity contribution in [1.82, 2.24) is 9.62 Å². The van der Waals surface area contributed by atoms with E-state index in [1.54, 1.807) is 0 Å². The average molecular weight is 358 g/mol. The summed E-state index contributed by atoms with van der Waals surface area (Å²) in [6.45, 7) is 1.47. The Morgan fingerprint density at radius 1 is 1.25 bits per heavy atom. The number of sulfonamides is 1. The van der Waals surface area contributed by atoms with Crippen molar-refractivity contribution in [2.75, 3.05) is 14.1 Å². The lowest BCUT2D eigenvalue weighted by Crippen LogP contribution is -2.55. The van der Waals surface area contributed by atoms with Crippen molar-refractivity contribution in [3.8, 4) is 0 Å². The molecule has 0 aliphatic heterocycles. The summed E-state index contributed by atoms with van der Waals surface area (Å²) in [6.07, 6.45) is 3.08. The average Bonchev–Trinajstić information content (AvgIpc) is 2.90. The third-order valence-corrected chi connectivity index (χ3v) is 6.02. The highest BCUT2D eigenvalue weighted by atomic mass is 32.2. The van der Waals surface area contributed by atoms with Crippen molar-refractivity contribution in [1.29, 1.82) is 0 Å². The van der Waals surface area contributed by atoms with Crippen LogP contribution in [0.3, 0.4) is 0 Å². The van der Waals surface area contributed by atoms with E-state index in [-0.39, 0.29) is 16.4 Å². The van der Waals surface area contributed by atoms with Crippen LogP contribution in [0.4, 0.5) is 0 Å². The number of carboxylic acids is 1. The van der Waals surface area contributed by atoms with E-state index in [0.717, 1.165) is 29.6 Å². The fourth-order valence-corrected chi connectivity index (χ4v) is 3.68. The number of hydrogen-bond donors (Lipinski definition) is 2. The quantitative estimate of drug-likeness (QED) is 0.821. The maximum atomic E-state index is 12.5. The lowest BCUT2D eigenvalue weighted by atomic mass is 9.81. The van der Waals surface area contributed by atoms with E-state index in [9.17, 15) is 23.1 Å². The molecule has 0 unspecified atom stereocenters. The van der Waals surface area contributed by atoms with Gasteiger partial charge in [-0.05, 0) is 19.8 Å². The number of aryl methyl sites for hydroxylation is 1. The van der Waals surface area contributed by atoms with Crippen molar-refractivity contribution in [3.63, 3.8) is 0 Å². The molecular formula is C15H22N2O6S. The SMILES string of the molecule is Cc1oc(S(=O)(=O)N(C)C)cc1C(=O)NC1(C(=O)O)CCCCC1. The summed E-state index contributed by atoms with van der Waals surface area (Å²) < 4.78 is 30.4. The van der Waals surface area contributed by atoms with Gasteiger partial charge in [-0.25, -0.2) is 17.5 Å². The molecule has 0 aromatic carbocycles. The highest BCUT2D eigenvalue weighted by Gasteiger charge is 2.41. The monoisotopic (exact) mass is 358 g/mol. The molecule has 0 bridgehead atoms. The highest BCUT2D eigenvalue weighted by Crippen LogP contribution is 2.30. The van der Waals surface area contributed by atoms with Crippen LogP contribution in [0.25, 0.3) is 0 Å². The van der Waals surface area contributed by atoms with Crippen molar-refractivity contribution >= 4 is 21.9 Å². The Balaban J connectivity index is 2.30. The number of hydrogen-bond acceptors (Lipinski definition) is 5. The topological polar surface area (TPSA) is 117 Å². The fourth-order valence-electron chi connectivity index (χ4n) is 2.82. The number of carboxylic acid groups (broad SMARTS) is 1. The largest absolute Gasteiger partial charge is 0.480 e. The highest BCUT2D eigenvalue weighted by molar-refractivity contribution is 7.88. The molecule has 0 spiro atoms. The normalized spacial score (nSPS) is 17.7. The molecule has 1 fully saturated rings. The van der Waals surface area contributed by atoms with Crippen LogP contribution < -0.4 is 5.32 Å². The first kappa shape index (κ1) is 18.5. The molecule has 1 aromatic heterocycles. The molecule has 2 rings (SSSR count). The van der Waals surface area contributed by atoms with Gasteiger partial charge in [0, 0.05) is 20.2 Å². The number of furan rings is 1. The van der Waals surface area contributed by atoms with Crippen LogP contribution in [0.5, 0.6) is 0 Å². The molecule has 1 saturated carbocycles. The van der Waals surface area contributed by atoms with Gasteiger partial charge in [-0.2, -0.15) is 0 Å². The van der Waals surface area contributed by atoms with E-state index in [4.69, 9.17) is 4.42 Å². The zero-order valence-corrected chi connectivity index (χ0v) is 14.8. The van der Waals surface area contributed by atoms with Crippen LogP contribution in [-0.4, -0.2) is 49.3 Å². The smallest absolute Gasteiger partial charge is 0.329 e. The molecule has 0 saturated heterocycles. The zero-order valence-electron chi connectivity index (χ0n) is 14.0. The molecule has 1 aliphatic carbocycles. The first-order chi connectivity index (χ1) is 11.1. The molecule has 9 heteroatoms. The van der Waals surface area contributed by atoms with Gasteiger partial charge in [0.15, 0.2) is 0 Å². The van der Waals surface area contributed by atoms with Gasteiger partial charge in [0.1, 0.15) is 11.3 Å². The predicted molar refractivity (Wildman–Crippen MR) is 85.2 cm³/mol. The van der Waals surface area contributed by atoms with Gasteiger partial charge in [-0.3, -0.25) is 4.79 Å². The maximum absolute atomic E-state index is 12.5. The van der Waals surface area contributed by atoms with Crippen molar-refractivity contribution in [2.45, 2.75) is 49.7 Å². The number of carbonyl (C=O) groups excluding carboxylic acids is 1. The van der Waals surface area contributed by atoms with Crippen molar-refractivity contribution < 1.29 is 27.5 Å². The van der Waals surface area contributed by atoms with Crippen LogP contribution >= 0.6 is 0 Å². The van der Waals surface area contributed by atoms with E-state index >= 15 is 0 Å². The molecule has 8 nitrogen and oxygen atoms in total. The third kappa shape index (κ3) is 3.32.